The standard InChI is InChI=1S/C12H18N4S/c1-2-3-15-4-6-16(7-5-15)12-8-10(14)11(9-13)17-12/h8H,2-7,14H2,1H3. The number of nitrogens with zero attached hydrogens (tertiary/aromatic N) is 3. The van der Waals surface area contributed by atoms with Crippen molar-refractivity contribution in [2.24, 2.45) is 0 Å². The number of thiophene rings is 1. The van der Waals surface area contributed by atoms with E-state index < -0.39 is 0 Å². The Balaban J connectivity index is 1.98. The predicted molar refractivity (Wildman–Crippen MR) is 72.4 cm³/mol. The molecule has 0 bridgehead atoms. The van der Waals surface area contributed by atoms with E-state index in [1.54, 1.807) is 0 Å². The van der Waals surface area contributed by atoms with Crippen LogP contribution in [0.3, 0.4) is 0 Å². The normalized spacial score (nSPS) is 17.1. The maximum absolute atomic E-state index is 8.90. The molecule has 17 heavy (non-hydrogen) atoms. The Morgan fingerprint density at radius 3 is 2.65 bits per heavy atom. The predicted octanol–water partition coefficient (Wildman–Crippen LogP) is 1.73. The number of nitrogens with two attached hydrogens (primary N) is 1. The molecular formula is C12H18N4S. The smallest absolute Gasteiger partial charge is 0.129 e. The number of anilines is 2. The van der Waals surface area contributed by atoms with E-state index in [9.17, 15) is 0 Å². The van der Waals surface area contributed by atoms with Gasteiger partial charge in [-0.25, -0.2) is 0 Å². The Hall–Kier alpha value is -1.25. The van der Waals surface area contributed by atoms with Gasteiger partial charge in [-0.15, -0.1) is 11.3 Å². The monoisotopic (exact) mass is 250 g/mol. The third-order valence-corrected chi connectivity index (χ3v) is 4.19. The third kappa shape index (κ3) is 2.71. The van der Waals surface area contributed by atoms with Gasteiger partial charge in [0.2, 0.25) is 0 Å². The van der Waals surface area contributed by atoms with E-state index in [-0.39, 0.29) is 0 Å². The van der Waals surface area contributed by atoms with Crippen LogP contribution in [0.2, 0.25) is 0 Å². The Labute approximate surface area is 106 Å². The highest BCUT2D eigenvalue weighted by Gasteiger charge is 2.18. The highest BCUT2D eigenvalue weighted by atomic mass is 32.1. The molecule has 4 nitrogen and oxygen atoms in total. The summed E-state index contributed by atoms with van der Waals surface area (Å²) in [5.74, 6) is 0. The number of hydrogen-bond acceptors (Lipinski definition) is 5. The zero-order valence-corrected chi connectivity index (χ0v) is 11.0. The maximum atomic E-state index is 8.90. The van der Waals surface area contributed by atoms with Crippen LogP contribution in [0.15, 0.2) is 6.07 Å². The maximum Gasteiger partial charge on any atom is 0.129 e. The van der Waals surface area contributed by atoms with Crippen molar-refractivity contribution in [3.05, 3.63) is 10.9 Å². The lowest BCUT2D eigenvalue weighted by Gasteiger charge is -2.35. The summed E-state index contributed by atoms with van der Waals surface area (Å²) < 4.78 is 0. The van der Waals surface area contributed by atoms with Gasteiger partial charge in [-0.1, -0.05) is 6.92 Å². The molecule has 1 aliphatic heterocycles. The zero-order chi connectivity index (χ0) is 12.3. The highest BCUT2D eigenvalue weighted by Crippen LogP contribution is 2.31. The van der Waals surface area contributed by atoms with Crippen molar-refractivity contribution < 1.29 is 0 Å². The van der Waals surface area contributed by atoms with Crippen molar-refractivity contribution in [3.63, 3.8) is 0 Å². The van der Waals surface area contributed by atoms with Crippen LogP contribution < -0.4 is 10.6 Å². The van der Waals surface area contributed by atoms with E-state index in [2.05, 4.69) is 22.8 Å². The summed E-state index contributed by atoms with van der Waals surface area (Å²) in [5.41, 5.74) is 6.40. The first-order chi connectivity index (χ1) is 8.24. The average Bonchev–Trinajstić information content (AvgIpc) is 2.72. The van der Waals surface area contributed by atoms with Crippen molar-refractivity contribution in [1.82, 2.24) is 4.90 Å². The van der Waals surface area contributed by atoms with Crippen molar-refractivity contribution >= 4 is 22.0 Å². The van der Waals surface area contributed by atoms with Gasteiger partial charge in [-0.2, -0.15) is 5.26 Å². The topological polar surface area (TPSA) is 56.3 Å². The third-order valence-electron chi connectivity index (χ3n) is 3.07. The zero-order valence-electron chi connectivity index (χ0n) is 10.1. The molecular weight excluding hydrogens is 232 g/mol. The minimum atomic E-state index is 0.614. The highest BCUT2D eigenvalue weighted by molar-refractivity contribution is 7.17. The number of hydrogen-bond donors (Lipinski definition) is 1. The van der Waals surface area contributed by atoms with Gasteiger partial charge in [-0.05, 0) is 19.0 Å². The van der Waals surface area contributed by atoms with Crippen LogP contribution in [-0.4, -0.2) is 37.6 Å². The fraction of sp³-hybridized carbons (Fsp3) is 0.583. The van der Waals surface area contributed by atoms with Crippen LogP contribution in [0.1, 0.15) is 18.2 Å². The summed E-state index contributed by atoms with van der Waals surface area (Å²) in [6, 6.07) is 4.07. The second kappa shape index (κ2) is 5.39. The summed E-state index contributed by atoms with van der Waals surface area (Å²) in [6.45, 7) is 7.67. The van der Waals surface area contributed by atoms with Gasteiger partial charge in [0.25, 0.3) is 0 Å². The van der Waals surface area contributed by atoms with Crippen molar-refractivity contribution in [1.29, 1.82) is 5.26 Å². The van der Waals surface area contributed by atoms with Gasteiger partial charge < -0.3 is 10.6 Å². The molecule has 0 aliphatic carbocycles. The molecule has 0 saturated carbocycles. The number of nitriles is 1. The first-order valence-corrected chi connectivity index (χ1v) is 6.83. The molecule has 2 heterocycles. The van der Waals surface area contributed by atoms with E-state index in [0.29, 0.717) is 10.6 Å². The molecule has 5 heteroatoms. The van der Waals surface area contributed by atoms with E-state index >= 15 is 0 Å². The van der Waals surface area contributed by atoms with E-state index in [4.69, 9.17) is 11.0 Å². The molecule has 2 N–H and O–H groups in total. The number of rotatable bonds is 3. The lowest BCUT2D eigenvalue weighted by molar-refractivity contribution is 0.259. The molecule has 0 unspecified atom stereocenters. The molecule has 0 amide bonds. The number of piperazine rings is 1. The lowest BCUT2D eigenvalue weighted by Crippen LogP contribution is -2.46. The van der Waals surface area contributed by atoms with Gasteiger partial charge in [0.1, 0.15) is 10.9 Å². The molecule has 1 fully saturated rings. The summed E-state index contributed by atoms with van der Waals surface area (Å²) in [7, 11) is 0. The second-order valence-corrected chi connectivity index (χ2v) is 5.34. The molecule has 92 valence electrons. The van der Waals surface area contributed by atoms with E-state index in [1.807, 2.05) is 6.07 Å². The Morgan fingerprint density at radius 2 is 2.12 bits per heavy atom. The fourth-order valence-electron chi connectivity index (χ4n) is 2.14. The average molecular weight is 250 g/mol. The SMILES string of the molecule is CCCN1CCN(c2cc(N)c(C#N)s2)CC1. The van der Waals surface area contributed by atoms with Crippen LogP contribution in [0.4, 0.5) is 10.7 Å². The second-order valence-electron chi connectivity index (χ2n) is 4.31. The molecule has 2 rings (SSSR count). The van der Waals surface area contributed by atoms with Gasteiger partial charge in [0, 0.05) is 26.2 Å². The molecule has 0 radical (unpaired) electrons. The van der Waals surface area contributed by atoms with Crippen LogP contribution >= 0.6 is 11.3 Å². The molecule has 1 saturated heterocycles. The van der Waals surface area contributed by atoms with Gasteiger partial charge >= 0.3 is 0 Å². The molecule has 0 aromatic carbocycles. The molecule has 1 aromatic heterocycles. The minimum Gasteiger partial charge on any atom is -0.397 e. The largest absolute Gasteiger partial charge is 0.397 e. The van der Waals surface area contributed by atoms with Gasteiger partial charge in [0.15, 0.2) is 0 Å². The van der Waals surface area contributed by atoms with Crippen LogP contribution in [0.5, 0.6) is 0 Å². The number of nitrogen functional groups attached to an aromatic ring is 1. The Kier molecular flexibility index (Phi) is 3.87. The molecule has 0 atom stereocenters. The fourth-order valence-corrected chi connectivity index (χ4v) is 3.07. The van der Waals surface area contributed by atoms with E-state index in [0.717, 1.165) is 31.2 Å². The van der Waals surface area contributed by atoms with Crippen molar-refractivity contribution in [3.8, 4) is 6.07 Å². The first kappa shape index (κ1) is 12.2. The van der Waals surface area contributed by atoms with Crippen LogP contribution in [0, 0.1) is 11.3 Å². The van der Waals surface area contributed by atoms with E-state index in [1.165, 1.54) is 24.3 Å². The molecule has 0 spiro atoms. The molecule has 1 aromatic rings. The first-order valence-electron chi connectivity index (χ1n) is 6.01. The lowest BCUT2D eigenvalue weighted by atomic mass is 10.3. The van der Waals surface area contributed by atoms with Crippen LogP contribution in [-0.2, 0) is 0 Å². The van der Waals surface area contributed by atoms with Gasteiger partial charge in [-0.3, -0.25) is 4.90 Å². The summed E-state index contributed by atoms with van der Waals surface area (Å²) in [5, 5.41) is 10.0. The summed E-state index contributed by atoms with van der Waals surface area (Å²) >= 11 is 1.50. The summed E-state index contributed by atoms with van der Waals surface area (Å²) in [4.78, 5) is 5.45. The Bertz CT molecular complexity index is 413. The minimum absolute atomic E-state index is 0.614. The summed E-state index contributed by atoms with van der Waals surface area (Å²) in [6.07, 6.45) is 1.21. The molecule has 1 aliphatic rings. The van der Waals surface area contributed by atoms with Crippen molar-refractivity contribution in [2.75, 3.05) is 43.4 Å². The van der Waals surface area contributed by atoms with Crippen LogP contribution in [0.25, 0.3) is 0 Å². The van der Waals surface area contributed by atoms with Gasteiger partial charge in [0.05, 0.1) is 10.7 Å². The quantitative estimate of drug-likeness (QED) is 0.887. The Morgan fingerprint density at radius 1 is 1.41 bits per heavy atom. The van der Waals surface area contributed by atoms with Crippen molar-refractivity contribution in [2.45, 2.75) is 13.3 Å².